The van der Waals surface area contributed by atoms with Crippen LogP contribution in [0.2, 0.25) is 0 Å². The minimum absolute atomic E-state index is 0.0822. The molecule has 0 saturated carbocycles. The highest BCUT2D eigenvalue weighted by Crippen LogP contribution is 2.19. The topological polar surface area (TPSA) is 32.3 Å². The van der Waals surface area contributed by atoms with Crippen molar-refractivity contribution in [3.05, 3.63) is 35.9 Å². The fraction of sp³-hybridized carbons (Fsp3) is 0.562. The van der Waals surface area contributed by atoms with Gasteiger partial charge in [0.25, 0.3) is 0 Å². The highest BCUT2D eigenvalue weighted by molar-refractivity contribution is 6.17. The van der Waals surface area contributed by atoms with Crippen LogP contribution in [0.4, 0.5) is 0 Å². The second kappa shape index (κ2) is 9.78. The fourth-order valence-electron chi connectivity index (χ4n) is 2.32. The molecule has 0 fully saturated rings. The summed E-state index contributed by atoms with van der Waals surface area (Å²) in [7, 11) is 0. The summed E-state index contributed by atoms with van der Waals surface area (Å²) in [6, 6.07) is 10.6. The Kier molecular flexibility index (Phi) is 8.31. The van der Waals surface area contributed by atoms with Gasteiger partial charge in [0.2, 0.25) is 5.91 Å². The number of rotatable bonds is 9. The van der Waals surface area contributed by atoms with E-state index >= 15 is 0 Å². The zero-order valence-corrected chi connectivity index (χ0v) is 13.2. The van der Waals surface area contributed by atoms with Gasteiger partial charge in [0.1, 0.15) is 0 Å². The molecule has 20 heavy (non-hydrogen) atoms. The summed E-state index contributed by atoms with van der Waals surface area (Å²) in [5, 5.41) is 3.03. The molecule has 0 aliphatic heterocycles. The summed E-state index contributed by atoms with van der Waals surface area (Å²) in [6.45, 7) is 6.87. The van der Waals surface area contributed by atoms with Gasteiger partial charge >= 0.3 is 0 Å². The van der Waals surface area contributed by atoms with Crippen LogP contribution in [0.15, 0.2) is 30.3 Å². The molecule has 0 saturated heterocycles. The molecule has 0 radical (unpaired) electrons. The van der Waals surface area contributed by atoms with E-state index in [-0.39, 0.29) is 11.9 Å². The van der Waals surface area contributed by atoms with Gasteiger partial charge in [-0.3, -0.25) is 9.69 Å². The first-order valence-corrected chi connectivity index (χ1v) is 7.88. The molecule has 1 amide bonds. The van der Waals surface area contributed by atoms with Gasteiger partial charge < -0.3 is 5.32 Å². The van der Waals surface area contributed by atoms with Gasteiger partial charge in [-0.1, -0.05) is 44.2 Å². The zero-order chi connectivity index (χ0) is 14.8. The third kappa shape index (κ3) is 5.51. The molecule has 1 unspecified atom stereocenters. The van der Waals surface area contributed by atoms with E-state index in [1.807, 2.05) is 18.2 Å². The van der Waals surface area contributed by atoms with Crippen molar-refractivity contribution in [3.8, 4) is 0 Å². The van der Waals surface area contributed by atoms with E-state index in [0.29, 0.717) is 18.8 Å². The Labute approximate surface area is 127 Å². The highest BCUT2D eigenvalue weighted by atomic mass is 35.5. The number of nitrogens with zero attached hydrogens (tertiary/aromatic N) is 1. The Morgan fingerprint density at radius 1 is 1.25 bits per heavy atom. The van der Waals surface area contributed by atoms with E-state index in [2.05, 4.69) is 36.2 Å². The fourth-order valence-corrected chi connectivity index (χ4v) is 2.46. The molecule has 3 nitrogen and oxygen atoms in total. The number of hydrogen-bond acceptors (Lipinski definition) is 2. The molecule has 112 valence electrons. The van der Waals surface area contributed by atoms with Gasteiger partial charge in [0, 0.05) is 18.8 Å². The van der Waals surface area contributed by atoms with Gasteiger partial charge in [-0.05, 0) is 25.1 Å². The van der Waals surface area contributed by atoms with Gasteiger partial charge in [-0.15, -0.1) is 11.6 Å². The first-order valence-electron chi connectivity index (χ1n) is 7.34. The summed E-state index contributed by atoms with van der Waals surface area (Å²) in [6.07, 6.45) is 1.23. The molecular formula is C16H25ClN2O. The van der Waals surface area contributed by atoms with Crippen LogP contribution in [-0.4, -0.2) is 36.3 Å². The SMILES string of the molecule is CCN(CC)C(CNC(=O)CCCCl)c1ccccc1. The Morgan fingerprint density at radius 3 is 2.45 bits per heavy atom. The van der Waals surface area contributed by atoms with Crippen LogP contribution >= 0.6 is 11.6 Å². The maximum absolute atomic E-state index is 11.7. The predicted molar refractivity (Wildman–Crippen MR) is 85.1 cm³/mol. The van der Waals surface area contributed by atoms with E-state index < -0.39 is 0 Å². The summed E-state index contributed by atoms with van der Waals surface area (Å²) in [5.74, 6) is 0.615. The van der Waals surface area contributed by atoms with Gasteiger partial charge in [0.15, 0.2) is 0 Å². The van der Waals surface area contributed by atoms with E-state index in [0.717, 1.165) is 19.5 Å². The smallest absolute Gasteiger partial charge is 0.220 e. The second-order valence-electron chi connectivity index (χ2n) is 4.74. The Morgan fingerprint density at radius 2 is 1.90 bits per heavy atom. The van der Waals surface area contributed by atoms with Gasteiger partial charge in [0.05, 0.1) is 6.04 Å². The van der Waals surface area contributed by atoms with E-state index in [1.54, 1.807) is 0 Å². The van der Waals surface area contributed by atoms with Crippen LogP contribution in [0.25, 0.3) is 0 Å². The lowest BCUT2D eigenvalue weighted by Crippen LogP contribution is -2.38. The number of nitrogens with one attached hydrogen (secondary N) is 1. The minimum Gasteiger partial charge on any atom is -0.354 e. The number of carbonyl (C=O) groups is 1. The molecule has 0 aromatic heterocycles. The Balaban J connectivity index is 2.66. The van der Waals surface area contributed by atoms with Crippen LogP contribution in [0.1, 0.15) is 38.3 Å². The number of amides is 1. The zero-order valence-electron chi connectivity index (χ0n) is 12.4. The van der Waals surface area contributed by atoms with Crippen molar-refractivity contribution in [2.24, 2.45) is 0 Å². The molecule has 1 aromatic rings. The number of alkyl halides is 1. The summed E-state index contributed by atoms with van der Waals surface area (Å²) >= 11 is 5.61. The van der Waals surface area contributed by atoms with Crippen LogP contribution in [0.3, 0.4) is 0 Å². The number of benzene rings is 1. The highest BCUT2D eigenvalue weighted by Gasteiger charge is 2.18. The average molecular weight is 297 g/mol. The molecule has 1 rings (SSSR count). The Hall–Kier alpha value is -1.06. The third-order valence-electron chi connectivity index (χ3n) is 3.47. The van der Waals surface area contributed by atoms with Crippen LogP contribution in [0, 0.1) is 0 Å². The summed E-state index contributed by atoms with van der Waals surface area (Å²) < 4.78 is 0. The van der Waals surface area contributed by atoms with E-state index in [4.69, 9.17) is 11.6 Å². The molecule has 1 aromatic carbocycles. The number of hydrogen-bond donors (Lipinski definition) is 1. The van der Waals surface area contributed by atoms with Crippen molar-refractivity contribution < 1.29 is 4.79 Å². The number of likely N-dealkylation sites (N-methyl/N-ethyl adjacent to an activating group) is 1. The van der Waals surface area contributed by atoms with Gasteiger partial charge in [-0.2, -0.15) is 0 Å². The molecule has 0 aliphatic rings. The largest absolute Gasteiger partial charge is 0.354 e. The average Bonchev–Trinajstić information content (AvgIpc) is 2.50. The molecule has 0 spiro atoms. The quantitative estimate of drug-likeness (QED) is 0.710. The summed E-state index contributed by atoms with van der Waals surface area (Å²) in [5.41, 5.74) is 1.24. The van der Waals surface area contributed by atoms with Crippen molar-refractivity contribution in [1.29, 1.82) is 0 Å². The lowest BCUT2D eigenvalue weighted by Gasteiger charge is -2.30. The summed E-state index contributed by atoms with van der Waals surface area (Å²) in [4.78, 5) is 14.1. The predicted octanol–water partition coefficient (Wildman–Crippen LogP) is 3.20. The second-order valence-corrected chi connectivity index (χ2v) is 5.12. The van der Waals surface area contributed by atoms with E-state index in [1.165, 1.54) is 5.56 Å². The molecule has 0 bridgehead atoms. The van der Waals surface area contributed by atoms with Crippen molar-refractivity contribution in [2.75, 3.05) is 25.5 Å². The molecule has 0 aliphatic carbocycles. The molecule has 0 heterocycles. The normalized spacial score (nSPS) is 12.4. The lowest BCUT2D eigenvalue weighted by atomic mass is 10.0. The first kappa shape index (κ1) is 17.0. The Bertz CT molecular complexity index is 379. The van der Waals surface area contributed by atoms with Crippen LogP contribution in [0.5, 0.6) is 0 Å². The molecule has 1 N–H and O–H groups in total. The minimum atomic E-state index is 0.0822. The third-order valence-corrected chi connectivity index (χ3v) is 3.73. The van der Waals surface area contributed by atoms with Crippen LogP contribution in [-0.2, 0) is 4.79 Å². The number of carbonyl (C=O) groups excluding carboxylic acids is 1. The van der Waals surface area contributed by atoms with Crippen LogP contribution < -0.4 is 5.32 Å². The van der Waals surface area contributed by atoms with E-state index in [9.17, 15) is 4.79 Å². The number of halogens is 1. The maximum Gasteiger partial charge on any atom is 0.220 e. The standard InChI is InChI=1S/C16H25ClN2O/c1-3-19(4-2)15(14-9-6-5-7-10-14)13-18-16(20)11-8-12-17/h5-7,9-10,15H,3-4,8,11-13H2,1-2H3,(H,18,20). The van der Waals surface area contributed by atoms with Crippen molar-refractivity contribution in [3.63, 3.8) is 0 Å². The molecular weight excluding hydrogens is 272 g/mol. The van der Waals surface area contributed by atoms with Crippen molar-refractivity contribution >= 4 is 17.5 Å². The lowest BCUT2D eigenvalue weighted by molar-refractivity contribution is -0.121. The maximum atomic E-state index is 11.7. The molecule has 1 atom stereocenters. The van der Waals surface area contributed by atoms with Crippen molar-refractivity contribution in [2.45, 2.75) is 32.7 Å². The first-order chi connectivity index (χ1) is 9.72. The van der Waals surface area contributed by atoms with Crippen molar-refractivity contribution in [1.82, 2.24) is 10.2 Å². The van der Waals surface area contributed by atoms with Gasteiger partial charge in [-0.25, -0.2) is 0 Å². The monoisotopic (exact) mass is 296 g/mol. The molecule has 4 heteroatoms.